The molecule has 0 unspecified atom stereocenters. The van der Waals surface area contributed by atoms with E-state index in [0.717, 1.165) is 29.7 Å². The molecule has 0 bridgehead atoms. The van der Waals surface area contributed by atoms with Gasteiger partial charge in [-0.2, -0.15) is 0 Å². The summed E-state index contributed by atoms with van der Waals surface area (Å²) in [6.07, 6.45) is 4.10. The second-order valence-corrected chi connectivity index (χ2v) is 13.8. The van der Waals surface area contributed by atoms with E-state index in [1.54, 1.807) is 12.1 Å². The van der Waals surface area contributed by atoms with Crippen molar-refractivity contribution in [2.24, 2.45) is 0 Å². The third kappa shape index (κ3) is 5.61. The Morgan fingerprint density at radius 3 is 1.51 bits per heavy atom. The summed E-state index contributed by atoms with van der Waals surface area (Å²) in [7, 11) is 0. The Bertz CT molecular complexity index is 2000. The predicted octanol–water partition coefficient (Wildman–Crippen LogP) is 8.56. The van der Waals surface area contributed by atoms with Crippen LogP contribution in [0.3, 0.4) is 0 Å². The van der Waals surface area contributed by atoms with Crippen LogP contribution >= 0.6 is 0 Å². The van der Waals surface area contributed by atoms with E-state index in [1.165, 1.54) is 52.4 Å². The van der Waals surface area contributed by atoms with Crippen molar-refractivity contribution in [3.63, 3.8) is 0 Å². The van der Waals surface area contributed by atoms with Crippen LogP contribution in [0.2, 0.25) is 0 Å². The lowest BCUT2D eigenvalue weighted by atomic mass is 9.77. The molecule has 0 saturated carbocycles. The molecule has 0 aliphatic carbocycles. The molecule has 250 valence electrons. The molecule has 4 amide bonds. The highest BCUT2D eigenvalue weighted by Crippen LogP contribution is 2.35. The summed E-state index contributed by atoms with van der Waals surface area (Å²) in [6, 6.07) is 25.1. The van der Waals surface area contributed by atoms with E-state index in [1.807, 2.05) is 32.9 Å². The van der Waals surface area contributed by atoms with Gasteiger partial charge in [0, 0.05) is 16.7 Å². The van der Waals surface area contributed by atoms with Crippen molar-refractivity contribution in [2.45, 2.75) is 84.6 Å². The van der Waals surface area contributed by atoms with Gasteiger partial charge in [0.2, 0.25) is 0 Å². The number of nitrogens with zero attached hydrogens (tertiary/aromatic N) is 2. The smallest absolute Gasteiger partial charge is 0.266 e. The summed E-state index contributed by atoms with van der Waals surface area (Å²) in [6.45, 7) is 12.5. The molecule has 0 aromatic heterocycles. The van der Waals surface area contributed by atoms with Crippen molar-refractivity contribution in [1.82, 2.24) is 4.90 Å². The molecule has 2 aliphatic rings. The molecular formula is C42H42N2O5. The fourth-order valence-corrected chi connectivity index (χ4v) is 6.90. The Balaban J connectivity index is 1.19. The molecule has 6 rings (SSSR count). The van der Waals surface area contributed by atoms with Crippen LogP contribution in [0.4, 0.5) is 5.69 Å². The quantitative estimate of drug-likeness (QED) is 0.119. The van der Waals surface area contributed by atoms with Gasteiger partial charge in [-0.05, 0) is 97.5 Å². The Kier molecular flexibility index (Phi) is 8.74. The minimum Gasteiger partial charge on any atom is -0.289 e. The second kappa shape index (κ2) is 12.7. The van der Waals surface area contributed by atoms with Crippen molar-refractivity contribution >= 4 is 35.1 Å². The van der Waals surface area contributed by atoms with Crippen molar-refractivity contribution in [1.29, 1.82) is 0 Å². The molecule has 0 radical (unpaired) electrons. The second-order valence-electron chi connectivity index (χ2n) is 13.8. The first-order valence-electron chi connectivity index (χ1n) is 17.2. The van der Waals surface area contributed by atoms with Gasteiger partial charge in [-0.15, -0.1) is 0 Å². The summed E-state index contributed by atoms with van der Waals surface area (Å²) in [5.41, 5.74) is 4.83. The monoisotopic (exact) mass is 654 g/mol. The normalized spacial score (nSPS) is 14.5. The lowest BCUT2D eigenvalue weighted by Gasteiger charge is -2.35. The van der Waals surface area contributed by atoms with E-state index in [-0.39, 0.29) is 44.7 Å². The van der Waals surface area contributed by atoms with Crippen LogP contribution in [0.1, 0.15) is 141 Å². The van der Waals surface area contributed by atoms with E-state index < -0.39 is 29.0 Å². The maximum absolute atomic E-state index is 13.6. The molecule has 0 atom stereocenters. The van der Waals surface area contributed by atoms with E-state index >= 15 is 0 Å². The maximum atomic E-state index is 13.6. The number of fused-ring (bicyclic) bond motifs is 2. The van der Waals surface area contributed by atoms with E-state index in [9.17, 15) is 24.0 Å². The van der Waals surface area contributed by atoms with Crippen molar-refractivity contribution in [2.75, 3.05) is 4.90 Å². The largest absolute Gasteiger partial charge is 0.289 e. The molecule has 4 aromatic carbocycles. The zero-order chi connectivity index (χ0) is 35.2. The number of carbonyl (C=O) groups is 5. The summed E-state index contributed by atoms with van der Waals surface area (Å²) >= 11 is 0. The first kappa shape index (κ1) is 33.7. The molecule has 2 heterocycles. The van der Waals surface area contributed by atoms with Gasteiger partial charge in [-0.3, -0.25) is 28.9 Å². The minimum atomic E-state index is -0.631. The highest BCUT2D eigenvalue weighted by molar-refractivity contribution is 6.35. The number of anilines is 1. The SMILES string of the molecule is CCC(C)(CC)c1ccc(Cc2ccc(N3C(=O)c4ccc(C(=O)c5ccc6c(c5)C(=O)N(C(C)(CC)CC)C6=O)cc4C3=O)cc2)cc1. The van der Waals surface area contributed by atoms with Gasteiger partial charge >= 0.3 is 0 Å². The van der Waals surface area contributed by atoms with E-state index in [4.69, 9.17) is 0 Å². The highest BCUT2D eigenvalue weighted by atomic mass is 16.2. The van der Waals surface area contributed by atoms with Gasteiger partial charge in [-0.25, -0.2) is 4.90 Å². The first-order chi connectivity index (χ1) is 23.4. The van der Waals surface area contributed by atoms with Gasteiger partial charge in [0.1, 0.15) is 0 Å². The number of imide groups is 2. The fraction of sp³-hybridized carbons (Fsp3) is 0.310. The predicted molar refractivity (Wildman–Crippen MR) is 191 cm³/mol. The Morgan fingerprint density at radius 2 is 1.00 bits per heavy atom. The van der Waals surface area contributed by atoms with Crippen LogP contribution in [0.5, 0.6) is 0 Å². The van der Waals surface area contributed by atoms with Gasteiger partial charge in [0.05, 0.1) is 27.9 Å². The minimum absolute atomic E-state index is 0.145. The zero-order valence-corrected chi connectivity index (χ0v) is 29.1. The first-order valence-corrected chi connectivity index (χ1v) is 17.2. The average molecular weight is 655 g/mol. The fourth-order valence-electron chi connectivity index (χ4n) is 6.90. The topological polar surface area (TPSA) is 91.8 Å². The molecule has 49 heavy (non-hydrogen) atoms. The molecule has 0 saturated heterocycles. The molecule has 2 aliphatic heterocycles. The number of hydrogen-bond donors (Lipinski definition) is 0. The molecule has 0 spiro atoms. The summed E-state index contributed by atoms with van der Waals surface area (Å²) in [4.78, 5) is 69.6. The Morgan fingerprint density at radius 1 is 0.551 bits per heavy atom. The van der Waals surface area contributed by atoms with Gasteiger partial charge in [0.25, 0.3) is 23.6 Å². The van der Waals surface area contributed by atoms with E-state index in [0.29, 0.717) is 18.5 Å². The highest BCUT2D eigenvalue weighted by Gasteiger charge is 2.45. The lowest BCUT2D eigenvalue weighted by molar-refractivity contribution is 0.0434. The Hall–Kier alpha value is -5.17. The third-order valence-electron chi connectivity index (χ3n) is 11.2. The lowest BCUT2D eigenvalue weighted by Crippen LogP contribution is -2.48. The summed E-state index contributed by atoms with van der Waals surface area (Å²) in [5.74, 6) is -2.14. The van der Waals surface area contributed by atoms with Crippen molar-refractivity contribution in [3.05, 3.63) is 135 Å². The standard InChI is InChI=1S/C42H42N2O5/c1-7-41(5,8-2)30-17-11-26(12-18-30)23-27-13-19-31(20-14-27)43-37(46)32-21-15-28(24-34(32)38(43)47)36(45)29-16-22-33-35(25-29)40(49)44(39(33)48)42(6,9-3)10-4/h11-22,24-25H,7-10,23H2,1-6H3. The number of carbonyl (C=O) groups excluding carboxylic acids is 5. The Labute approximate surface area is 287 Å². The van der Waals surface area contributed by atoms with Gasteiger partial charge in [-0.1, -0.05) is 83.1 Å². The average Bonchev–Trinajstić information content (AvgIpc) is 3.54. The van der Waals surface area contributed by atoms with Crippen LogP contribution in [0.15, 0.2) is 84.9 Å². The maximum Gasteiger partial charge on any atom is 0.266 e. The molecular weight excluding hydrogens is 612 g/mol. The molecule has 7 nitrogen and oxygen atoms in total. The van der Waals surface area contributed by atoms with Crippen LogP contribution in [0.25, 0.3) is 0 Å². The molecule has 0 fully saturated rings. The van der Waals surface area contributed by atoms with Crippen molar-refractivity contribution < 1.29 is 24.0 Å². The van der Waals surface area contributed by atoms with Crippen LogP contribution in [-0.4, -0.2) is 39.9 Å². The van der Waals surface area contributed by atoms with Gasteiger partial charge < -0.3 is 0 Å². The summed E-state index contributed by atoms with van der Waals surface area (Å²) in [5, 5.41) is 0. The number of hydrogen-bond acceptors (Lipinski definition) is 5. The van der Waals surface area contributed by atoms with E-state index in [2.05, 4.69) is 45.0 Å². The molecule has 4 aromatic rings. The molecule has 0 N–H and O–H groups in total. The zero-order valence-electron chi connectivity index (χ0n) is 29.1. The van der Waals surface area contributed by atoms with Gasteiger partial charge in [0.15, 0.2) is 5.78 Å². The van der Waals surface area contributed by atoms with Crippen LogP contribution < -0.4 is 4.90 Å². The van der Waals surface area contributed by atoms with Crippen molar-refractivity contribution in [3.8, 4) is 0 Å². The van der Waals surface area contributed by atoms with Crippen LogP contribution in [0, 0.1) is 0 Å². The van der Waals surface area contributed by atoms with Crippen LogP contribution in [-0.2, 0) is 11.8 Å². The summed E-state index contributed by atoms with van der Waals surface area (Å²) < 4.78 is 0. The number of rotatable bonds is 11. The number of ketones is 1. The number of amides is 4. The number of benzene rings is 4. The molecule has 7 heteroatoms. The third-order valence-corrected chi connectivity index (χ3v) is 11.2.